The largest absolute Gasteiger partial charge is 0.396 e. The fourth-order valence-corrected chi connectivity index (χ4v) is 4.11. The number of hydrogen-bond acceptors (Lipinski definition) is 5. The summed E-state index contributed by atoms with van der Waals surface area (Å²) in [5, 5.41) is 12.3. The van der Waals surface area contributed by atoms with E-state index in [9.17, 15) is 4.79 Å². The van der Waals surface area contributed by atoms with Crippen molar-refractivity contribution in [1.29, 1.82) is 0 Å². The van der Waals surface area contributed by atoms with Crippen molar-refractivity contribution in [3.8, 4) is 0 Å². The number of morpholine rings is 1. The summed E-state index contributed by atoms with van der Waals surface area (Å²) in [4.78, 5) is 14.2. The van der Waals surface area contributed by atoms with E-state index in [0.717, 1.165) is 18.0 Å². The zero-order valence-corrected chi connectivity index (χ0v) is 15.3. The molecule has 25 heavy (non-hydrogen) atoms. The molecular formula is C20H25NO3S. The van der Waals surface area contributed by atoms with Crippen LogP contribution in [-0.4, -0.2) is 49.0 Å². The number of carbonyl (C=O) groups excluding carboxylic acids is 1. The van der Waals surface area contributed by atoms with E-state index in [2.05, 4.69) is 18.3 Å². The number of aliphatic hydroxyl groups is 1. The van der Waals surface area contributed by atoms with E-state index in [-0.39, 0.29) is 29.8 Å². The van der Waals surface area contributed by atoms with Gasteiger partial charge < -0.3 is 15.2 Å². The Kier molecular flexibility index (Phi) is 6.12. The number of aliphatic hydroxyl groups excluding tert-OH is 1. The van der Waals surface area contributed by atoms with Crippen molar-refractivity contribution in [2.75, 3.05) is 32.1 Å². The van der Waals surface area contributed by atoms with Gasteiger partial charge in [0.05, 0.1) is 25.2 Å². The van der Waals surface area contributed by atoms with Crippen LogP contribution in [0.3, 0.4) is 0 Å². The fraction of sp³-hybridized carbons (Fsp3) is 0.450. The van der Waals surface area contributed by atoms with Crippen molar-refractivity contribution in [1.82, 2.24) is 5.32 Å². The second kappa shape index (κ2) is 8.32. The molecule has 134 valence electrons. The molecule has 0 aromatic heterocycles. The molecule has 0 amide bonds. The summed E-state index contributed by atoms with van der Waals surface area (Å²) in [6.45, 7) is 4.56. The molecule has 1 aliphatic heterocycles. The van der Waals surface area contributed by atoms with Gasteiger partial charge in [0.1, 0.15) is 0 Å². The van der Waals surface area contributed by atoms with Crippen molar-refractivity contribution in [3.05, 3.63) is 54.1 Å². The van der Waals surface area contributed by atoms with Crippen LogP contribution >= 0.6 is 11.8 Å². The Hall–Kier alpha value is -1.40. The van der Waals surface area contributed by atoms with Crippen molar-refractivity contribution >= 4 is 17.5 Å². The predicted molar refractivity (Wildman–Crippen MR) is 101 cm³/mol. The first kappa shape index (κ1) is 18.4. The van der Waals surface area contributed by atoms with Gasteiger partial charge in [0.25, 0.3) is 0 Å². The SMILES string of the molecule is CC1(C2CNCCO2)C=CC=CC1C(=O)c1ccc(SCCO)cc1. The zero-order chi connectivity index (χ0) is 17.7. The molecule has 0 spiro atoms. The summed E-state index contributed by atoms with van der Waals surface area (Å²) in [7, 11) is 0. The molecule has 1 aliphatic carbocycles. The van der Waals surface area contributed by atoms with Crippen LogP contribution in [0, 0.1) is 11.3 Å². The minimum atomic E-state index is -0.358. The van der Waals surface area contributed by atoms with Crippen LogP contribution in [0.1, 0.15) is 17.3 Å². The summed E-state index contributed by atoms with van der Waals surface area (Å²) in [6, 6.07) is 7.67. The van der Waals surface area contributed by atoms with E-state index in [1.165, 1.54) is 0 Å². The third kappa shape index (κ3) is 4.06. The lowest BCUT2D eigenvalue weighted by molar-refractivity contribution is -0.0432. The van der Waals surface area contributed by atoms with Crippen LogP contribution in [0.2, 0.25) is 0 Å². The first-order valence-electron chi connectivity index (χ1n) is 8.71. The molecule has 1 aromatic carbocycles. The second-order valence-electron chi connectivity index (χ2n) is 6.61. The van der Waals surface area contributed by atoms with Gasteiger partial charge in [-0.25, -0.2) is 0 Å². The van der Waals surface area contributed by atoms with E-state index in [0.29, 0.717) is 17.9 Å². The maximum absolute atomic E-state index is 13.2. The van der Waals surface area contributed by atoms with Gasteiger partial charge in [-0.05, 0) is 12.1 Å². The Morgan fingerprint density at radius 3 is 2.84 bits per heavy atom. The van der Waals surface area contributed by atoms with E-state index in [1.807, 2.05) is 42.5 Å². The van der Waals surface area contributed by atoms with E-state index in [1.54, 1.807) is 11.8 Å². The van der Waals surface area contributed by atoms with Gasteiger partial charge in [-0.1, -0.05) is 43.4 Å². The molecule has 0 radical (unpaired) electrons. The van der Waals surface area contributed by atoms with Crippen LogP contribution in [0.15, 0.2) is 53.5 Å². The van der Waals surface area contributed by atoms with Crippen LogP contribution in [-0.2, 0) is 4.74 Å². The number of benzene rings is 1. The van der Waals surface area contributed by atoms with Crippen molar-refractivity contribution in [2.24, 2.45) is 11.3 Å². The topological polar surface area (TPSA) is 58.6 Å². The Morgan fingerprint density at radius 1 is 1.36 bits per heavy atom. The van der Waals surface area contributed by atoms with Gasteiger partial charge >= 0.3 is 0 Å². The third-order valence-corrected chi connectivity index (χ3v) is 5.94. The molecular weight excluding hydrogens is 334 g/mol. The number of hydrogen-bond donors (Lipinski definition) is 2. The van der Waals surface area contributed by atoms with Crippen molar-refractivity contribution in [2.45, 2.75) is 17.9 Å². The van der Waals surface area contributed by atoms with Crippen LogP contribution in [0.4, 0.5) is 0 Å². The molecule has 2 aliphatic rings. The molecule has 1 fully saturated rings. The first-order chi connectivity index (χ1) is 12.1. The molecule has 1 aromatic rings. The Bertz CT molecular complexity index is 649. The number of thioether (sulfide) groups is 1. The Labute approximate surface area is 153 Å². The molecule has 3 rings (SSSR count). The number of Topliss-reactive ketones (excluding diaryl/α,β-unsaturated/α-hetero) is 1. The lowest BCUT2D eigenvalue weighted by Gasteiger charge is -2.42. The Balaban J connectivity index is 1.79. The predicted octanol–water partition coefficient (Wildman–Crippen LogP) is 2.69. The van der Waals surface area contributed by atoms with Crippen molar-refractivity contribution < 1.29 is 14.6 Å². The van der Waals surface area contributed by atoms with Gasteiger partial charge in [-0.2, -0.15) is 0 Å². The summed E-state index contributed by atoms with van der Waals surface area (Å²) in [5.41, 5.74) is 0.358. The van der Waals surface area contributed by atoms with Crippen LogP contribution < -0.4 is 5.32 Å². The molecule has 1 heterocycles. The highest BCUT2D eigenvalue weighted by atomic mass is 32.2. The lowest BCUT2D eigenvalue weighted by atomic mass is 9.67. The Morgan fingerprint density at radius 2 is 2.16 bits per heavy atom. The molecule has 5 heteroatoms. The molecule has 0 bridgehead atoms. The fourth-order valence-electron chi connectivity index (χ4n) is 3.45. The van der Waals surface area contributed by atoms with E-state index >= 15 is 0 Å². The maximum Gasteiger partial charge on any atom is 0.170 e. The molecule has 1 saturated heterocycles. The molecule has 3 atom stereocenters. The number of rotatable bonds is 6. The zero-order valence-electron chi connectivity index (χ0n) is 14.5. The summed E-state index contributed by atoms with van der Waals surface area (Å²) >= 11 is 1.58. The minimum absolute atomic E-state index is 0.0178. The van der Waals surface area contributed by atoms with E-state index < -0.39 is 0 Å². The summed E-state index contributed by atoms with van der Waals surface area (Å²) in [6.07, 6.45) is 8.05. The lowest BCUT2D eigenvalue weighted by Crippen LogP contribution is -2.51. The molecule has 4 nitrogen and oxygen atoms in total. The van der Waals surface area contributed by atoms with Gasteiger partial charge in [0.15, 0.2) is 5.78 Å². The highest BCUT2D eigenvalue weighted by Gasteiger charge is 2.44. The first-order valence-corrected chi connectivity index (χ1v) is 9.70. The highest BCUT2D eigenvalue weighted by Crippen LogP contribution is 2.40. The van der Waals surface area contributed by atoms with Gasteiger partial charge in [0, 0.05) is 34.7 Å². The minimum Gasteiger partial charge on any atom is -0.396 e. The van der Waals surface area contributed by atoms with Crippen molar-refractivity contribution in [3.63, 3.8) is 0 Å². The maximum atomic E-state index is 13.2. The third-order valence-electron chi connectivity index (χ3n) is 4.94. The standard InChI is InChI=1S/C20H25NO3S/c1-20(18-14-21-10-12-24-18)9-3-2-4-17(20)19(23)15-5-7-16(8-6-15)25-13-11-22/h2-9,17-18,21-22H,10-14H2,1H3. The number of nitrogens with one attached hydrogen (secondary N) is 1. The number of allylic oxidation sites excluding steroid dienone is 3. The second-order valence-corrected chi connectivity index (χ2v) is 7.78. The molecule has 0 saturated carbocycles. The van der Waals surface area contributed by atoms with Gasteiger partial charge in [-0.3, -0.25) is 4.79 Å². The number of carbonyl (C=O) groups is 1. The van der Waals surface area contributed by atoms with Crippen LogP contribution in [0.5, 0.6) is 0 Å². The van der Waals surface area contributed by atoms with E-state index in [4.69, 9.17) is 9.84 Å². The highest BCUT2D eigenvalue weighted by molar-refractivity contribution is 7.99. The summed E-state index contributed by atoms with van der Waals surface area (Å²) < 4.78 is 5.97. The van der Waals surface area contributed by atoms with Gasteiger partial charge in [-0.15, -0.1) is 11.8 Å². The number of ether oxygens (including phenoxy) is 1. The van der Waals surface area contributed by atoms with Gasteiger partial charge in [0.2, 0.25) is 0 Å². The average Bonchev–Trinajstić information content (AvgIpc) is 2.67. The summed E-state index contributed by atoms with van der Waals surface area (Å²) in [5.74, 6) is 0.544. The monoisotopic (exact) mass is 359 g/mol. The normalized spacial score (nSPS) is 28.9. The smallest absolute Gasteiger partial charge is 0.170 e. The molecule has 2 N–H and O–H groups in total. The molecule has 3 unspecified atom stereocenters. The quantitative estimate of drug-likeness (QED) is 0.604. The van der Waals surface area contributed by atoms with Crippen LogP contribution in [0.25, 0.3) is 0 Å². The number of ketones is 1. The average molecular weight is 359 g/mol.